The predicted molar refractivity (Wildman–Crippen MR) is 99.3 cm³/mol. The third-order valence-electron chi connectivity index (χ3n) is 5.95. The average Bonchev–Trinajstić information content (AvgIpc) is 2.55. The molecule has 0 amide bonds. The summed E-state index contributed by atoms with van der Waals surface area (Å²) in [5.41, 5.74) is 0. The zero-order valence-electron chi connectivity index (χ0n) is 16.9. The molecule has 0 aromatic heterocycles. The zero-order chi connectivity index (χ0) is 19.3. The molecule has 1 atom stereocenters. The predicted octanol–water partition coefficient (Wildman–Crippen LogP) is 4.71. The average molecular weight is 379 g/mol. The van der Waals surface area contributed by atoms with Gasteiger partial charge in [-0.25, -0.2) is 0 Å². The van der Waals surface area contributed by atoms with Crippen LogP contribution in [0, 0.1) is 5.92 Å². The number of ether oxygens (including phenoxy) is 1. The van der Waals surface area contributed by atoms with Crippen LogP contribution in [-0.4, -0.2) is 66.4 Å². The summed E-state index contributed by atoms with van der Waals surface area (Å²) in [5, 5.41) is 0. The largest absolute Gasteiger partial charge is 0.405 e. The van der Waals surface area contributed by atoms with Crippen LogP contribution in [0.15, 0.2) is 0 Å². The van der Waals surface area contributed by atoms with E-state index >= 15 is 0 Å². The Morgan fingerprint density at radius 1 is 1.00 bits per heavy atom. The highest BCUT2D eigenvalue weighted by atomic mass is 19.4. The van der Waals surface area contributed by atoms with E-state index in [-0.39, 0.29) is 18.7 Å². The quantitative estimate of drug-likeness (QED) is 0.638. The van der Waals surface area contributed by atoms with Crippen LogP contribution in [0.3, 0.4) is 0 Å². The summed E-state index contributed by atoms with van der Waals surface area (Å²) in [7, 11) is 0. The number of nitrogens with zero attached hydrogens (tertiary/aromatic N) is 2. The van der Waals surface area contributed by atoms with E-state index in [1.807, 2.05) is 18.7 Å². The number of rotatable bonds is 7. The third kappa shape index (κ3) is 6.68. The van der Waals surface area contributed by atoms with E-state index in [2.05, 4.69) is 13.8 Å². The second-order valence-corrected chi connectivity index (χ2v) is 8.65. The van der Waals surface area contributed by atoms with Gasteiger partial charge in [0, 0.05) is 25.7 Å². The molecule has 0 aromatic rings. The molecular weight excluding hydrogens is 341 g/mol. The van der Waals surface area contributed by atoms with Crippen molar-refractivity contribution in [2.75, 3.05) is 26.2 Å². The minimum absolute atomic E-state index is 0.110. The van der Waals surface area contributed by atoms with E-state index in [0.717, 1.165) is 45.1 Å². The molecule has 1 aliphatic heterocycles. The van der Waals surface area contributed by atoms with Crippen molar-refractivity contribution < 1.29 is 17.9 Å². The fourth-order valence-corrected chi connectivity index (χ4v) is 4.41. The molecule has 0 N–H and O–H groups in total. The van der Waals surface area contributed by atoms with Crippen LogP contribution in [0.25, 0.3) is 0 Å². The van der Waals surface area contributed by atoms with Crippen LogP contribution >= 0.6 is 0 Å². The Kier molecular flexibility index (Phi) is 8.23. The lowest BCUT2D eigenvalue weighted by Gasteiger charge is -2.43. The lowest BCUT2D eigenvalue weighted by molar-refractivity contribution is -0.198. The Hall–Kier alpha value is -0.330. The molecule has 2 rings (SSSR count). The maximum atomic E-state index is 13.5. The molecule has 6 heteroatoms. The molecular formula is C20H37F3N2O. The van der Waals surface area contributed by atoms with Crippen LogP contribution in [0.5, 0.6) is 0 Å². The molecule has 2 aliphatic rings. The first-order chi connectivity index (χ1) is 12.2. The van der Waals surface area contributed by atoms with E-state index in [4.69, 9.17) is 4.74 Å². The lowest BCUT2D eigenvalue weighted by atomic mass is 9.84. The molecule has 0 bridgehead atoms. The van der Waals surface area contributed by atoms with Crippen molar-refractivity contribution in [1.29, 1.82) is 0 Å². The summed E-state index contributed by atoms with van der Waals surface area (Å²) < 4.78 is 46.3. The van der Waals surface area contributed by atoms with Crippen LogP contribution < -0.4 is 0 Å². The standard InChI is InChI=1S/C20H37F3N2O/c1-15(2)25-13-12-24(19(14-25)20(21,22)23)11-5-6-17-7-9-18(10-8-17)26-16(3)4/h15-19H,5-14H2,1-4H3/t17-,18-,19-/m0/s1. The molecule has 0 unspecified atom stereocenters. The normalized spacial score (nSPS) is 29.7. The fourth-order valence-electron chi connectivity index (χ4n) is 4.41. The maximum Gasteiger partial charge on any atom is 0.405 e. The van der Waals surface area contributed by atoms with Crippen molar-refractivity contribution in [3.05, 3.63) is 0 Å². The van der Waals surface area contributed by atoms with E-state index < -0.39 is 12.2 Å². The highest BCUT2D eigenvalue weighted by Gasteiger charge is 2.46. The van der Waals surface area contributed by atoms with Gasteiger partial charge in [-0.05, 0) is 78.7 Å². The third-order valence-corrected chi connectivity index (χ3v) is 5.95. The Labute approximate surface area is 157 Å². The van der Waals surface area contributed by atoms with Gasteiger partial charge in [-0.15, -0.1) is 0 Å². The Bertz CT molecular complexity index is 406. The van der Waals surface area contributed by atoms with Crippen LogP contribution in [0.2, 0.25) is 0 Å². The summed E-state index contributed by atoms with van der Waals surface area (Å²) >= 11 is 0. The minimum Gasteiger partial charge on any atom is -0.376 e. The van der Waals surface area contributed by atoms with E-state index in [0.29, 0.717) is 25.1 Å². The number of halogens is 3. The van der Waals surface area contributed by atoms with Crippen LogP contribution in [-0.2, 0) is 4.74 Å². The topological polar surface area (TPSA) is 15.7 Å². The SMILES string of the molecule is CC(C)O[C@H]1CC[C@H](CCCN2CCN(C(C)C)C[C@H]2C(F)(F)F)CC1. The second-order valence-electron chi connectivity index (χ2n) is 8.65. The molecule has 1 heterocycles. The molecule has 26 heavy (non-hydrogen) atoms. The van der Waals surface area contributed by atoms with Crippen molar-refractivity contribution in [1.82, 2.24) is 9.80 Å². The van der Waals surface area contributed by atoms with Crippen LogP contribution in [0.1, 0.15) is 66.2 Å². The second kappa shape index (κ2) is 9.74. The Balaban J connectivity index is 1.74. The van der Waals surface area contributed by atoms with Gasteiger partial charge >= 0.3 is 6.18 Å². The van der Waals surface area contributed by atoms with Crippen molar-refractivity contribution in [2.24, 2.45) is 5.92 Å². The molecule has 2 fully saturated rings. The van der Waals surface area contributed by atoms with Crippen molar-refractivity contribution in [2.45, 2.75) is 96.7 Å². The van der Waals surface area contributed by atoms with E-state index in [9.17, 15) is 13.2 Å². The molecule has 0 spiro atoms. The molecule has 0 aromatic carbocycles. The van der Waals surface area contributed by atoms with Gasteiger partial charge in [0.2, 0.25) is 0 Å². The summed E-state index contributed by atoms with van der Waals surface area (Å²) in [5.74, 6) is 0.656. The molecule has 1 saturated heterocycles. The Morgan fingerprint density at radius 2 is 1.65 bits per heavy atom. The molecule has 1 saturated carbocycles. The Morgan fingerprint density at radius 3 is 2.19 bits per heavy atom. The first-order valence-electron chi connectivity index (χ1n) is 10.4. The van der Waals surface area contributed by atoms with Crippen molar-refractivity contribution in [3.8, 4) is 0 Å². The summed E-state index contributed by atoms with van der Waals surface area (Å²) in [6, 6.07) is -1.14. The first kappa shape index (κ1) is 22.0. The van der Waals surface area contributed by atoms with Gasteiger partial charge in [0.15, 0.2) is 0 Å². The smallest absolute Gasteiger partial charge is 0.376 e. The monoisotopic (exact) mass is 378 g/mol. The van der Waals surface area contributed by atoms with Gasteiger partial charge in [0.1, 0.15) is 6.04 Å². The summed E-state index contributed by atoms with van der Waals surface area (Å²) in [6.45, 7) is 10.0. The molecule has 3 nitrogen and oxygen atoms in total. The highest BCUT2D eigenvalue weighted by Crippen LogP contribution is 2.32. The maximum absolute atomic E-state index is 13.5. The lowest BCUT2D eigenvalue weighted by Crippen LogP contribution is -2.60. The van der Waals surface area contributed by atoms with Gasteiger partial charge in [0.25, 0.3) is 0 Å². The zero-order valence-corrected chi connectivity index (χ0v) is 16.9. The number of piperazine rings is 1. The van der Waals surface area contributed by atoms with Gasteiger partial charge in [-0.1, -0.05) is 0 Å². The van der Waals surface area contributed by atoms with Gasteiger partial charge in [0.05, 0.1) is 12.2 Å². The van der Waals surface area contributed by atoms with Crippen molar-refractivity contribution in [3.63, 3.8) is 0 Å². The summed E-state index contributed by atoms with van der Waals surface area (Å²) in [6.07, 6.45) is 2.94. The van der Waals surface area contributed by atoms with Crippen molar-refractivity contribution >= 4 is 0 Å². The molecule has 154 valence electrons. The first-order valence-corrected chi connectivity index (χ1v) is 10.4. The van der Waals surface area contributed by atoms with Gasteiger partial charge < -0.3 is 4.74 Å². The summed E-state index contributed by atoms with van der Waals surface area (Å²) in [4.78, 5) is 3.62. The van der Waals surface area contributed by atoms with Gasteiger partial charge in [-0.3, -0.25) is 9.80 Å². The molecule has 1 aliphatic carbocycles. The molecule has 0 radical (unpaired) electrons. The fraction of sp³-hybridized carbons (Fsp3) is 1.00. The highest BCUT2D eigenvalue weighted by molar-refractivity contribution is 4.88. The number of alkyl halides is 3. The minimum atomic E-state index is -4.14. The van der Waals surface area contributed by atoms with E-state index in [1.165, 1.54) is 0 Å². The number of hydrogen-bond acceptors (Lipinski definition) is 3. The van der Waals surface area contributed by atoms with E-state index in [1.54, 1.807) is 4.90 Å². The van der Waals surface area contributed by atoms with Crippen LogP contribution in [0.4, 0.5) is 13.2 Å². The van der Waals surface area contributed by atoms with Gasteiger partial charge in [-0.2, -0.15) is 13.2 Å². The number of hydrogen-bond donors (Lipinski definition) is 0.